The van der Waals surface area contributed by atoms with Crippen LogP contribution in [0.15, 0.2) is 36.4 Å². The largest absolute Gasteiger partial charge is 0.493 e. The van der Waals surface area contributed by atoms with E-state index in [-0.39, 0.29) is 5.78 Å². The highest BCUT2D eigenvalue weighted by Gasteiger charge is 2.18. The molecule has 112 valence electrons. The molecular formula is C18H23NO2. The molecule has 2 rings (SSSR count). The summed E-state index contributed by atoms with van der Waals surface area (Å²) in [7, 11) is 0. The Balaban J connectivity index is 2.47. The number of carbonyl (C=O) groups is 1. The van der Waals surface area contributed by atoms with Crippen molar-refractivity contribution in [2.24, 2.45) is 0 Å². The maximum atomic E-state index is 12.8. The standard InChI is InChI=1S/C18H23NO2/c1-4-19(5-2)13-16(20)18-15-10-8-7-9-14(15)11-12-17(18)21-6-3/h7-12H,4-6,13H2,1-3H3. The Kier molecular flexibility index (Phi) is 5.34. The van der Waals surface area contributed by atoms with Crippen LogP contribution in [-0.2, 0) is 0 Å². The molecule has 0 bridgehead atoms. The van der Waals surface area contributed by atoms with Gasteiger partial charge >= 0.3 is 0 Å². The number of fused-ring (bicyclic) bond motifs is 1. The summed E-state index contributed by atoms with van der Waals surface area (Å²) >= 11 is 0. The van der Waals surface area contributed by atoms with E-state index in [1.54, 1.807) is 0 Å². The summed E-state index contributed by atoms with van der Waals surface area (Å²) in [5.74, 6) is 0.812. The fourth-order valence-electron chi connectivity index (χ4n) is 2.54. The minimum atomic E-state index is 0.124. The van der Waals surface area contributed by atoms with Crippen LogP contribution in [0.3, 0.4) is 0 Å². The van der Waals surface area contributed by atoms with Crippen molar-refractivity contribution < 1.29 is 9.53 Å². The van der Waals surface area contributed by atoms with Crippen molar-refractivity contribution >= 4 is 16.6 Å². The van der Waals surface area contributed by atoms with Crippen molar-refractivity contribution in [3.8, 4) is 5.75 Å². The monoisotopic (exact) mass is 285 g/mol. The van der Waals surface area contributed by atoms with Crippen LogP contribution < -0.4 is 4.74 Å². The van der Waals surface area contributed by atoms with Crippen molar-refractivity contribution in [2.45, 2.75) is 20.8 Å². The molecule has 0 aromatic heterocycles. The first kappa shape index (κ1) is 15.5. The number of hydrogen-bond donors (Lipinski definition) is 0. The Bertz CT molecular complexity index is 618. The van der Waals surface area contributed by atoms with Crippen LogP contribution in [0.4, 0.5) is 0 Å². The molecule has 0 aliphatic carbocycles. The highest BCUT2D eigenvalue weighted by atomic mass is 16.5. The van der Waals surface area contributed by atoms with Gasteiger partial charge in [-0.3, -0.25) is 9.69 Å². The smallest absolute Gasteiger partial charge is 0.181 e. The average molecular weight is 285 g/mol. The van der Waals surface area contributed by atoms with E-state index in [4.69, 9.17) is 4.74 Å². The number of benzene rings is 2. The van der Waals surface area contributed by atoms with Gasteiger partial charge in [-0.2, -0.15) is 0 Å². The van der Waals surface area contributed by atoms with Gasteiger partial charge in [0.15, 0.2) is 5.78 Å². The maximum Gasteiger partial charge on any atom is 0.181 e. The summed E-state index contributed by atoms with van der Waals surface area (Å²) in [6.45, 7) is 8.82. The van der Waals surface area contributed by atoms with Crippen molar-refractivity contribution in [3.63, 3.8) is 0 Å². The average Bonchev–Trinajstić information content (AvgIpc) is 2.52. The summed E-state index contributed by atoms with van der Waals surface area (Å²) in [5.41, 5.74) is 0.710. The molecule has 0 fully saturated rings. The van der Waals surface area contributed by atoms with Gasteiger partial charge in [-0.1, -0.05) is 44.2 Å². The molecule has 0 amide bonds. The van der Waals surface area contributed by atoms with Crippen molar-refractivity contribution in [3.05, 3.63) is 42.0 Å². The van der Waals surface area contributed by atoms with E-state index in [9.17, 15) is 4.79 Å². The molecule has 0 atom stereocenters. The predicted octanol–water partition coefficient (Wildman–Crippen LogP) is 3.76. The van der Waals surface area contributed by atoms with Gasteiger partial charge in [-0.25, -0.2) is 0 Å². The molecule has 0 unspecified atom stereocenters. The molecule has 2 aromatic rings. The normalized spacial score (nSPS) is 11.0. The zero-order chi connectivity index (χ0) is 15.2. The van der Waals surface area contributed by atoms with Crippen LogP contribution in [0.5, 0.6) is 5.75 Å². The van der Waals surface area contributed by atoms with Gasteiger partial charge in [0.1, 0.15) is 5.75 Å². The lowest BCUT2D eigenvalue weighted by Gasteiger charge is -2.19. The lowest BCUT2D eigenvalue weighted by molar-refractivity contribution is 0.0935. The molecular weight excluding hydrogens is 262 g/mol. The number of hydrogen-bond acceptors (Lipinski definition) is 3. The molecule has 0 spiro atoms. The Hall–Kier alpha value is -1.87. The Morgan fingerprint density at radius 1 is 1.05 bits per heavy atom. The fourth-order valence-corrected chi connectivity index (χ4v) is 2.54. The number of rotatable bonds is 7. The summed E-state index contributed by atoms with van der Waals surface area (Å²) in [6, 6.07) is 11.9. The van der Waals surface area contributed by atoms with E-state index < -0.39 is 0 Å². The van der Waals surface area contributed by atoms with Gasteiger partial charge < -0.3 is 4.74 Å². The van der Waals surface area contributed by atoms with Gasteiger partial charge in [0.05, 0.1) is 18.7 Å². The second-order valence-corrected chi connectivity index (χ2v) is 4.98. The van der Waals surface area contributed by atoms with Gasteiger partial charge in [0, 0.05) is 0 Å². The third kappa shape index (κ3) is 3.42. The molecule has 0 aliphatic rings. The molecule has 2 aromatic carbocycles. The molecule has 3 nitrogen and oxygen atoms in total. The lowest BCUT2D eigenvalue weighted by atomic mass is 10.00. The number of likely N-dealkylation sites (N-methyl/N-ethyl adjacent to an activating group) is 1. The van der Waals surface area contributed by atoms with E-state index in [0.717, 1.165) is 23.9 Å². The number of nitrogens with zero attached hydrogens (tertiary/aromatic N) is 1. The number of Topliss-reactive ketones (excluding diaryl/α,β-unsaturated/α-hetero) is 1. The first-order chi connectivity index (χ1) is 10.2. The minimum absolute atomic E-state index is 0.124. The van der Waals surface area contributed by atoms with Crippen LogP contribution in [0, 0.1) is 0 Å². The first-order valence-electron chi connectivity index (χ1n) is 7.61. The third-order valence-electron chi connectivity index (χ3n) is 3.73. The molecule has 0 radical (unpaired) electrons. The molecule has 3 heteroatoms. The lowest BCUT2D eigenvalue weighted by Crippen LogP contribution is -2.29. The molecule has 21 heavy (non-hydrogen) atoms. The Morgan fingerprint density at radius 3 is 2.43 bits per heavy atom. The minimum Gasteiger partial charge on any atom is -0.493 e. The molecule has 0 saturated heterocycles. The quantitative estimate of drug-likeness (QED) is 0.725. The van der Waals surface area contributed by atoms with Crippen LogP contribution in [0.2, 0.25) is 0 Å². The van der Waals surface area contributed by atoms with Crippen LogP contribution in [0.25, 0.3) is 10.8 Å². The van der Waals surface area contributed by atoms with E-state index in [1.807, 2.05) is 43.3 Å². The van der Waals surface area contributed by atoms with E-state index in [0.29, 0.717) is 24.5 Å². The highest BCUT2D eigenvalue weighted by molar-refractivity contribution is 6.11. The molecule has 0 saturated carbocycles. The van der Waals surface area contributed by atoms with Gasteiger partial charge in [0.2, 0.25) is 0 Å². The molecule has 0 aliphatic heterocycles. The first-order valence-corrected chi connectivity index (χ1v) is 7.61. The topological polar surface area (TPSA) is 29.5 Å². The van der Waals surface area contributed by atoms with E-state index in [1.165, 1.54) is 0 Å². The number of carbonyl (C=O) groups excluding carboxylic acids is 1. The summed E-state index contributed by atoms with van der Waals surface area (Å²) in [5, 5.41) is 2.05. The van der Waals surface area contributed by atoms with Gasteiger partial charge in [0.25, 0.3) is 0 Å². The zero-order valence-electron chi connectivity index (χ0n) is 13.1. The van der Waals surface area contributed by atoms with Crippen molar-refractivity contribution in [1.82, 2.24) is 4.90 Å². The summed E-state index contributed by atoms with van der Waals surface area (Å²) < 4.78 is 5.68. The predicted molar refractivity (Wildman–Crippen MR) is 87.2 cm³/mol. The second-order valence-electron chi connectivity index (χ2n) is 4.98. The number of ketones is 1. The zero-order valence-corrected chi connectivity index (χ0v) is 13.1. The molecule has 0 heterocycles. The maximum absolute atomic E-state index is 12.8. The van der Waals surface area contributed by atoms with Gasteiger partial charge in [-0.15, -0.1) is 0 Å². The van der Waals surface area contributed by atoms with Gasteiger partial charge in [-0.05, 0) is 36.9 Å². The van der Waals surface area contributed by atoms with Crippen LogP contribution in [0.1, 0.15) is 31.1 Å². The summed E-state index contributed by atoms with van der Waals surface area (Å²) in [4.78, 5) is 14.9. The fraction of sp³-hybridized carbons (Fsp3) is 0.389. The highest BCUT2D eigenvalue weighted by Crippen LogP contribution is 2.28. The SMILES string of the molecule is CCOc1ccc2ccccc2c1C(=O)CN(CC)CC. The Labute approximate surface area is 126 Å². The van der Waals surface area contributed by atoms with Crippen LogP contribution in [-0.4, -0.2) is 36.9 Å². The van der Waals surface area contributed by atoms with Crippen molar-refractivity contribution in [1.29, 1.82) is 0 Å². The second kappa shape index (κ2) is 7.23. The number of ether oxygens (including phenoxy) is 1. The summed E-state index contributed by atoms with van der Waals surface area (Å²) in [6.07, 6.45) is 0. The van der Waals surface area contributed by atoms with Crippen molar-refractivity contribution in [2.75, 3.05) is 26.2 Å². The molecule has 0 N–H and O–H groups in total. The Morgan fingerprint density at radius 2 is 1.76 bits per heavy atom. The van der Waals surface area contributed by atoms with E-state index in [2.05, 4.69) is 18.7 Å². The third-order valence-corrected chi connectivity index (χ3v) is 3.73. The van der Waals surface area contributed by atoms with Crippen LogP contribution >= 0.6 is 0 Å². The van der Waals surface area contributed by atoms with E-state index >= 15 is 0 Å².